The van der Waals surface area contributed by atoms with E-state index in [1.807, 2.05) is 4.90 Å². The first-order valence-electron chi connectivity index (χ1n) is 7.03. The number of nitrogens with zero attached hydrogens (tertiary/aromatic N) is 1. The molecule has 0 aromatic heterocycles. The summed E-state index contributed by atoms with van der Waals surface area (Å²) in [5.74, 6) is 0.820. The van der Waals surface area contributed by atoms with Crippen molar-refractivity contribution in [2.75, 3.05) is 12.3 Å². The minimum Gasteiger partial charge on any atom is -0.398 e. The molecule has 2 fully saturated rings. The van der Waals surface area contributed by atoms with Crippen molar-refractivity contribution in [1.82, 2.24) is 4.90 Å². The van der Waals surface area contributed by atoms with Gasteiger partial charge in [-0.1, -0.05) is 24.4 Å². The molecule has 4 heteroatoms. The zero-order valence-electron chi connectivity index (χ0n) is 10.9. The minimum absolute atomic E-state index is 0.109. The van der Waals surface area contributed by atoms with E-state index in [-0.39, 0.29) is 5.91 Å². The van der Waals surface area contributed by atoms with E-state index in [1.54, 1.807) is 18.2 Å². The predicted octanol–water partition coefficient (Wildman–Crippen LogP) is 3.33. The van der Waals surface area contributed by atoms with Crippen molar-refractivity contribution in [2.24, 2.45) is 5.92 Å². The van der Waals surface area contributed by atoms with Crippen LogP contribution < -0.4 is 5.73 Å². The van der Waals surface area contributed by atoms with Gasteiger partial charge in [-0.15, -0.1) is 0 Å². The lowest BCUT2D eigenvalue weighted by Crippen LogP contribution is -2.39. The molecule has 0 radical (unpaired) electrons. The summed E-state index contributed by atoms with van der Waals surface area (Å²) in [4.78, 5) is 14.6. The van der Waals surface area contributed by atoms with Gasteiger partial charge in [0.25, 0.3) is 5.91 Å². The highest BCUT2D eigenvalue weighted by atomic mass is 35.5. The number of likely N-dealkylation sites (tertiary alicyclic amines) is 1. The van der Waals surface area contributed by atoms with Crippen LogP contribution in [0.5, 0.6) is 0 Å². The van der Waals surface area contributed by atoms with Crippen LogP contribution in [0.25, 0.3) is 0 Å². The summed E-state index contributed by atoms with van der Waals surface area (Å²) in [6, 6.07) is 5.62. The Hall–Kier alpha value is -1.22. The van der Waals surface area contributed by atoms with E-state index in [9.17, 15) is 4.79 Å². The average Bonchev–Trinajstić information content (AvgIpc) is 2.85. The van der Waals surface area contributed by atoms with Gasteiger partial charge in [0.15, 0.2) is 0 Å². The summed E-state index contributed by atoms with van der Waals surface area (Å²) in [7, 11) is 0. The van der Waals surface area contributed by atoms with Crippen molar-refractivity contribution in [3.63, 3.8) is 0 Å². The van der Waals surface area contributed by atoms with Gasteiger partial charge >= 0.3 is 0 Å². The van der Waals surface area contributed by atoms with Gasteiger partial charge in [0.05, 0.1) is 10.7 Å². The van der Waals surface area contributed by atoms with Crippen molar-refractivity contribution in [1.29, 1.82) is 0 Å². The van der Waals surface area contributed by atoms with Gasteiger partial charge in [0.2, 0.25) is 0 Å². The lowest BCUT2D eigenvalue weighted by molar-refractivity contribution is 0.0690. The maximum absolute atomic E-state index is 12.6. The highest BCUT2D eigenvalue weighted by Gasteiger charge is 2.38. The summed E-state index contributed by atoms with van der Waals surface area (Å²) < 4.78 is 0. The van der Waals surface area contributed by atoms with Crippen molar-refractivity contribution < 1.29 is 4.79 Å². The second-order valence-electron chi connectivity index (χ2n) is 5.64. The molecule has 2 N–H and O–H groups in total. The smallest absolute Gasteiger partial charge is 0.254 e. The van der Waals surface area contributed by atoms with Crippen LogP contribution in [0.15, 0.2) is 18.2 Å². The van der Waals surface area contributed by atoms with E-state index in [2.05, 4.69) is 0 Å². The maximum Gasteiger partial charge on any atom is 0.254 e. The molecule has 1 aliphatic heterocycles. The molecule has 1 saturated heterocycles. The van der Waals surface area contributed by atoms with Crippen LogP contribution >= 0.6 is 11.6 Å². The van der Waals surface area contributed by atoms with E-state index in [4.69, 9.17) is 17.3 Å². The molecule has 0 spiro atoms. The zero-order valence-corrected chi connectivity index (χ0v) is 11.7. The number of hydrogen-bond acceptors (Lipinski definition) is 2. The van der Waals surface area contributed by atoms with E-state index < -0.39 is 0 Å². The fraction of sp³-hybridized carbons (Fsp3) is 0.533. The Balaban J connectivity index is 1.81. The predicted molar refractivity (Wildman–Crippen MR) is 77.3 cm³/mol. The summed E-state index contributed by atoms with van der Waals surface area (Å²) in [5.41, 5.74) is 6.93. The van der Waals surface area contributed by atoms with Crippen molar-refractivity contribution in [3.05, 3.63) is 28.8 Å². The summed E-state index contributed by atoms with van der Waals surface area (Å²) in [6.45, 7) is 0.886. The van der Waals surface area contributed by atoms with Crippen LogP contribution in [0.4, 0.5) is 5.69 Å². The third-order valence-electron chi connectivity index (χ3n) is 4.51. The minimum atomic E-state index is 0.109. The van der Waals surface area contributed by atoms with E-state index >= 15 is 0 Å². The first-order chi connectivity index (χ1) is 9.16. The monoisotopic (exact) mass is 278 g/mol. The van der Waals surface area contributed by atoms with Gasteiger partial charge in [-0.2, -0.15) is 0 Å². The number of hydrogen-bond donors (Lipinski definition) is 1. The molecule has 2 unspecified atom stereocenters. The number of carbonyl (C=O) groups is 1. The van der Waals surface area contributed by atoms with Crippen LogP contribution in [0.3, 0.4) is 0 Å². The van der Waals surface area contributed by atoms with Gasteiger partial charge in [-0.25, -0.2) is 0 Å². The van der Waals surface area contributed by atoms with Crippen molar-refractivity contribution in [3.8, 4) is 0 Å². The third-order valence-corrected chi connectivity index (χ3v) is 4.86. The molecule has 2 aliphatic rings. The SMILES string of the molecule is Nc1cc(C(=O)N2CCC3CCCCC32)ccc1Cl. The summed E-state index contributed by atoms with van der Waals surface area (Å²) in [6.07, 6.45) is 6.14. The first-order valence-corrected chi connectivity index (χ1v) is 7.40. The first kappa shape index (κ1) is 12.8. The topological polar surface area (TPSA) is 46.3 Å². The van der Waals surface area contributed by atoms with Crippen LogP contribution in [0, 0.1) is 5.92 Å². The molecule has 2 atom stereocenters. The van der Waals surface area contributed by atoms with Crippen molar-refractivity contribution >= 4 is 23.2 Å². The molecule has 3 nitrogen and oxygen atoms in total. The normalized spacial score (nSPS) is 26.3. The number of anilines is 1. The number of amides is 1. The highest BCUT2D eigenvalue weighted by Crippen LogP contribution is 2.37. The molecule has 1 aliphatic carbocycles. The number of carbonyl (C=O) groups excluding carboxylic acids is 1. The van der Waals surface area contributed by atoms with E-state index in [0.717, 1.165) is 19.4 Å². The Morgan fingerprint density at radius 2 is 2.05 bits per heavy atom. The number of benzene rings is 1. The lowest BCUT2D eigenvalue weighted by atomic mass is 9.85. The standard InChI is InChI=1S/C15H19ClN2O/c16-12-6-5-11(9-13(12)17)15(19)18-8-7-10-3-1-2-4-14(10)18/h5-6,9-10,14H,1-4,7-8,17H2. The Bertz CT molecular complexity index is 503. The van der Waals surface area contributed by atoms with Crippen LogP contribution in [-0.4, -0.2) is 23.4 Å². The fourth-order valence-electron chi connectivity index (χ4n) is 3.50. The summed E-state index contributed by atoms with van der Waals surface area (Å²) >= 11 is 5.91. The van der Waals surface area contributed by atoms with Crippen LogP contribution in [0.2, 0.25) is 5.02 Å². The maximum atomic E-state index is 12.6. The molecule has 1 saturated carbocycles. The number of nitrogens with two attached hydrogens (primary N) is 1. The fourth-order valence-corrected chi connectivity index (χ4v) is 3.62. The highest BCUT2D eigenvalue weighted by molar-refractivity contribution is 6.33. The molecule has 102 valence electrons. The van der Waals surface area contributed by atoms with Crippen LogP contribution in [-0.2, 0) is 0 Å². The van der Waals surface area contributed by atoms with Gasteiger partial charge in [0.1, 0.15) is 0 Å². The molecular weight excluding hydrogens is 260 g/mol. The van der Waals surface area contributed by atoms with Crippen LogP contribution in [0.1, 0.15) is 42.5 Å². The van der Waals surface area contributed by atoms with Crippen molar-refractivity contribution in [2.45, 2.75) is 38.1 Å². The molecule has 0 bridgehead atoms. The Morgan fingerprint density at radius 1 is 1.26 bits per heavy atom. The Kier molecular flexibility index (Phi) is 3.40. The molecule has 19 heavy (non-hydrogen) atoms. The third kappa shape index (κ3) is 2.32. The molecular formula is C15H19ClN2O. The number of fused-ring (bicyclic) bond motifs is 1. The lowest BCUT2D eigenvalue weighted by Gasteiger charge is -2.31. The Labute approximate surface area is 118 Å². The van der Waals surface area contributed by atoms with E-state index in [0.29, 0.717) is 28.2 Å². The molecule has 1 heterocycles. The molecule has 3 rings (SSSR count). The molecule has 1 aromatic rings. The number of rotatable bonds is 1. The average molecular weight is 279 g/mol. The molecule has 1 amide bonds. The number of halogens is 1. The van der Waals surface area contributed by atoms with E-state index in [1.165, 1.54) is 19.3 Å². The second kappa shape index (κ2) is 5.04. The van der Waals surface area contributed by atoms with Gasteiger partial charge < -0.3 is 10.6 Å². The zero-order chi connectivity index (χ0) is 13.4. The summed E-state index contributed by atoms with van der Waals surface area (Å²) in [5, 5.41) is 0.508. The quantitative estimate of drug-likeness (QED) is 0.801. The van der Waals surface area contributed by atoms with Gasteiger partial charge in [-0.05, 0) is 43.4 Å². The number of nitrogen functional groups attached to an aromatic ring is 1. The largest absolute Gasteiger partial charge is 0.398 e. The van der Waals surface area contributed by atoms with Gasteiger partial charge in [0, 0.05) is 18.2 Å². The second-order valence-corrected chi connectivity index (χ2v) is 6.04. The van der Waals surface area contributed by atoms with Gasteiger partial charge in [-0.3, -0.25) is 4.79 Å². The molecule has 1 aromatic carbocycles. The Morgan fingerprint density at radius 3 is 2.84 bits per heavy atom.